The van der Waals surface area contributed by atoms with Crippen LogP contribution in [0.3, 0.4) is 0 Å². The average Bonchev–Trinajstić information content (AvgIpc) is 3.52. The third-order valence-corrected chi connectivity index (χ3v) is 4.92. The smallest absolute Gasteiger partial charge is 0.149 e. The monoisotopic (exact) mass is 395 g/mol. The number of nitriles is 1. The first-order valence-electron chi connectivity index (χ1n) is 9.37. The molecule has 0 aliphatic rings. The lowest BCUT2D eigenvalue weighted by molar-refractivity contribution is 0.531. The molecule has 5 heterocycles. The van der Waals surface area contributed by atoms with Crippen LogP contribution in [0.2, 0.25) is 0 Å². The second-order valence-corrected chi connectivity index (χ2v) is 6.90. The topological polar surface area (TPSA) is 103 Å². The first kappa shape index (κ1) is 17.8. The Bertz CT molecular complexity index is 1350. The molecule has 0 amide bonds. The molecule has 146 valence electrons. The highest BCUT2D eigenvalue weighted by Gasteiger charge is 2.18. The number of aromatic nitrogens is 8. The zero-order chi connectivity index (χ0) is 20.5. The fourth-order valence-electron chi connectivity index (χ4n) is 3.48. The minimum absolute atomic E-state index is 0.225. The predicted octanol–water partition coefficient (Wildman–Crippen LogP) is 2.89. The van der Waals surface area contributed by atoms with E-state index in [-0.39, 0.29) is 12.5 Å². The van der Waals surface area contributed by atoms with Crippen LogP contribution in [0.25, 0.3) is 28.3 Å². The lowest BCUT2D eigenvalue weighted by atomic mass is 10.1. The minimum atomic E-state index is -0.225. The van der Waals surface area contributed by atoms with Gasteiger partial charge >= 0.3 is 0 Å². The second-order valence-electron chi connectivity index (χ2n) is 6.90. The lowest BCUT2D eigenvalue weighted by Gasteiger charge is -2.14. The maximum absolute atomic E-state index is 9.32. The number of pyridine rings is 1. The maximum Gasteiger partial charge on any atom is 0.149 e. The predicted molar refractivity (Wildman–Crippen MR) is 109 cm³/mol. The summed E-state index contributed by atoms with van der Waals surface area (Å²) in [5, 5.41) is 18.1. The summed E-state index contributed by atoms with van der Waals surface area (Å²) < 4.78 is 5.45. The molecule has 0 aliphatic carbocycles. The summed E-state index contributed by atoms with van der Waals surface area (Å²) in [5.41, 5.74) is 4.24. The number of hydrogen-bond donors (Lipinski definition) is 0. The summed E-state index contributed by atoms with van der Waals surface area (Å²) in [7, 11) is 1.87. The third kappa shape index (κ3) is 3.10. The molecule has 0 fully saturated rings. The molecule has 5 rings (SSSR count). The Morgan fingerprint density at radius 2 is 2.00 bits per heavy atom. The van der Waals surface area contributed by atoms with Crippen molar-refractivity contribution >= 4 is 5.65 Å². The van der Waals surface area contributed by atoms with Crippen molar-refractivity contribution in [3.8, 4) is 28.7 Å². The largest absolute Gasteiger partial charge is 0.284 e. The van der Waals surface area contributed by atoms with Crippen LogP contribution >= 0.6 is 0 Å². The Morgan fingerprint density at radius 3 is 2.77 bits per heavy atom. The number of hydrogen-bond acceptors (Lipinski definition) is 6. The normalized spacial score (nSPS) is 12.1. The van der Waals surface area contributed by atoms with Gasteiger partial charge in [-0.2, -0.15) is 15.5 Å². The molecule has 0 spiro atoms. The van der Waals surface area contributed by atoms with E-state index in [2.05, 4.69) is 26.2 Å². The van der Waals surface area contributed by atoms with Crippen molar-refractivity contribution in [1.29, 1.82) is 5.26 Å². The summed E-state index contributed by atoms with van der Waals surface area (Å²) in [5.74, 6) is 0.719. The van der Waals surface area contributed by atoms with Crippen molar-refractivity contribution in [2.24, 2.45) is 7.05 Å². The van der Waals surface area contributed by atoms with E-state index < -0.39 is 0 Å². The van der Waals surface area contributed by atoms with Crippen molar-refractivity contribution in [2.45, 2.75) is 12.5 Å². The van der Waals surface area contributed by atoms with Crippen LogP contribution in [-0.4, -0.2) is 38.9 Å². The summed E-state index contributed by atoms with van der Waals surface area (Å²) in [6.07, 6.45) is 14.7. The summed E-state index contributed by atoms with van der Waals surface area (Å²) in [6, 6.07) is 7.76. The van der Waals surface area contributed by atoms with Gasteiger partial charge in [-0.05, 0) is 11.6 Å². The van der Waals surface area contributed by atoms with Crippen molar-refractivity contribution < 1.29 is 0 Å². The van der Waals surface area contributed by atoms with Crippen LogP contribution in [0.5, 0.6) is 0 Å². The first-order valence-corrected chi connectivity index (χ1v) is 9.37. The van der Waals surface area contributed by atoms with E-state index in [0.29, 0.717) is 0 Å². The number of rotatable bonds is 5. The van der Waals surface area contributed by atoms with Gasteiger partial charge in [0.25, 0.3) is 0 Å². The minimum Gasteiger partial charge on any atom is -0.284 e. The molecular formula is C21H17N9. The molecule has 0 bridgehead atoms. The SMILES string of the molecule is Cn1cc(-c2cc3nccn3c(-c3cnn(C(CC#N)c4cccnc4)c3)n2)cn1. The zero-order valence-corrected chi connectivity index (χ0v) is 16.2. The van der Waals surface area contributed by atoms with Crippen LogP contribution in [0.4, 0.5) is 0 Å². The van der Waals surface area contributed by atoms with Crippen LogP contribution in [0.1, 0.15) is 18.0 Å². The fourth-order valence-corrected chi connectivity index (χ4v) is 3.48. The van der Waals surface area contributed by atoms with Gasteiger partial charge in [-0.15, -0.1) is 0 Å². The van der Waals surface area contributed by atoms with E-state index in [0.717, 1.165) is 33.9 Å². The van der Waals surface area contributed by atoms with Crippen LogP contribution in [0.15, 0.2) is 67.8 Å². The molecule has 5 aromatic heterocycles. The van der Waals surface area contributed by atoms with Crippen LogP contribution < -0.4 is 0 Å². The van der Waals surface area contributed by atoms with Crippen LogP contribution in [0, 0.1) is 11.3 Å². The second kappa shape index (κ2) is 7.25. The molecule has 0 saturated carbocycles. The van der Waals surface area contributed by atoms with Crippen molar-refractivity contribution in [1.82, 2.24) is 38.9 Å². The van der Waals surface area contributed by atoms with Crippen LogP contribution in [-0.2, 0) is 7.05 Å². The van der Waals surface area contributed by atoms with E-state index in [4.69, 9.17) is 4.98 Å². The highest BCUT2D eigenvalue weighted by Crippen LogP contribution is 2.27. The molecule has 0 aromatic carbocycles. The Hall–Kier alpha value is -4.32. The van der Waals surface area contributed by atoms with E-state index >= 15 is 0 Å². The Labute approximate surface area is 171 Å². The van der Waals surface area contributed by atoms with E-state index in [1.54, 1.807) is 40.3 Å². The van der Waals surface area contributed by atoms with Gasteiger partial charge in [-0.25, -0.2) is 9.97 Å². The lowest BCUT2D eigenvalue weighted by Crippen LogP contribution is -2.10. The number of aryl methyl sites for hydroxylation is 1. The molecule has 9 nitrogen and oxygen atoms in total. The Morgan fingerprint density at radius 1 is 1.10 bits per heavy atom. The number of fused-ring (bicyclic) bond motifs is 1. The standard InChI is InChI=1S/C21H17N9/c1-28-13-16(11-25-28)18-9-20-24-7-8-29(20)21(27-18)17-12-26-30(14-17)19(4-5-22)15-3-2-6-23-10-15/h2-3,6-14,19H,4H2,1H3. The van der Waals surface area contributed by atoms with Gasteiger partial charge in [0.15, 0.2) is 0 Å². The van der Waals surface area contributed by atoms with Gasteiger partial charge in [-0.3, -0.25) is 18.7 Å². The van der Waals surface area contributed by atoms with Crippen molar-refractivity contribution in [3.63, 3.8) is 0 Å². The molecule has 0 radical (unpaired) electrons. The van der Waals surface area contributed by atoms with Gasteiger partial charge in [0.1, 0.15) is 11.5 Å². The van der Waals surface area contributed by atoms with Crippen molar-refractivity contribution in [3.05, 3.63) is 73.3 Å². The van der Waals surface area contributed by atoms with Gasteiger partial charge in [0, 0.05) is 55.9 Å². The molecule has 0 N–H and O–H groups in total. The molecular weight excluding hydrogens is 378 g/mol. The molecule has 0 aliphatic heterocycles. The van der Waals surface area contributed by atoms with Crippen molar-refractivity contribution in [2.75, 3.05) is 0 Å². The Kier molecular flexibility index (Phi) is 4.29. The van der Waals surface area contributed by atoms with Gasteiger partial charge in [0.05, 0.1) is 42.2 Å². The molecule has 5 aromatic rings. The summed E-state index contributed by atoms with van der Waals surface area (Å²) in [4.78, 5) is 13.5. The zero-order valence-electron chi connectivity index (χ0n) is 16.2. The molecule has 9 heteroatoms. The average molecular weight is 395 g/mol. The van der Waals surface area contributed by atoms with Gasteiger partial charge in [0.2, 0.25) is 0 Å². The first-order chi connectivity index (χ1) is 14.7. The van der Waals surface area contributed by atoms with E-state index in [9.17, 15) is 5.26 Å². The summed E-state index contributed by atoms with van der Waals surface area (Å²) >= 11 is 0. The highest BCUT2D eigenvalue weighted by molar-refractivity contribution is 5.68. The number of nitrogens with zero attached hydrogens (tertiary/aromatic N) is 9. The molecule has 0 saturated heterocycles. The molecule has 1 unspecified atom stereocenters. The highest BCUT2D eigenvalue weighted by atomic mass is 15.3. The van der Waals surface area contributed by atoms with E-state index in [1.807, 2.05) is 48.2 Å². The quantitative estimate of drug-likeness (QED) is 0.453. The van der Waals surface area contributed by atoms with Gasteiger partial charge < -0.3 is 0 Å². The molecule has 30 heavy (non-hydrogen) atoms. The molecule has 1 atom stereocenters. The van der Waals surface area contributed by atoms with E-state index in [1.165, 1.54) is 0 Å². The third-order valence-electron chi connectivity index (χ3n) is 4.92. The summed E-state index contributed by atoms with van der Waals surface area (Å²) in [6.45, 7) is 0. The number of imidazole rings is 1. The fraction of sp³-hybridized carbons (Fsp3) is 0.143. The Balaban J connectivity index is 1.61. The van der Waals surface area contributed by atoms with Gasteiger partial charge in [-0.1, -0.05) is 6.07 Å². The maximum atomic E-state index is 9.32.